The van der Waals surface area contributed by atoms with Crippen molar-refractivity contribution in [3.63, 3.8) is 0 Å². The first kappa shape index (κ1) is 42.4. The Hall–Kier alpha value is -3.31. The van der Waals surface area contributed by atoms with E-state index in [1.807, 2.05) is 0 Å². The number of unbranched alkanes of at least 4 members (excludes halogenated alkanes) is 14. The minimum absolute atomic E-state index is 0.199. The first-order chi connectivity index (χ1) is 25.6. The number of rotatable bonds is 24. The van der Waals surface area contributed by atoms with Crippen molar-refractivity contribution >= 4 is 76.4 Å². The number of benzene rings is 2. The van der Waals surface area contributed by atoms with Crippen molar-refractivity contribution in [3.8, 4) is 23.0 Å². The van der Waals surface area contributed by atoms with Crippen molar-refractivity contribution in [2.24, 2.45) is 9.98 Å². The van der Waals surface area contributed by atoms with Gasteiger partial charge in [-0.05, 0) is 50.6 Å². The molecule has 0 aliphatic rings. The van der Waals surface area contributed by atoms with Gasteiger partial charge in [0.2, 0.25) is 5.88 Å². The molecule has 0 amide bonds. The predicted molar refractivity (Wildman–Crippen MR) is 220 cm³/mol. The normalized spacial score (nSPS) is 12.1. The minimum atomic E-state index is -1.05. The Labute approximate surface area is 333 Å². The third-order valence-electron chi connectivity index (χ3n) is 8.68. The molecule has 0 radical (unpaired) electrons. The monoisotopic (exact) mass is 805 g/mol. The summed E-state index contributed by atoms with van der Waals surface area (Å²) < 4.78 is 18.8. The van der Waals surface area contributed by atoms with E-state index in [0.29, 0.717) is 50.0 Å². The highest BCUT2D eigenvalue weighted by atomic mass is 35.5. The van der Waals surface area contributed by atoms with Gasteiger partial charge in [0.25, 0.3) is 0 Å². The van der Waals surface area contributed by atoms with E-state index in [9.17, 15) is 0 Å². The Bertz CT molecular complexity index is 1800. The van der Waals surface area contributed by atoms with E-state index in [2.05, 4.69) is 32.2 Å². The first-order valence-corrected chi connectivity index (χ1v) is 20.1. The predicted octanol–water partition coefficient (Wildman–Crippen LogP) is 13.5. The Balaban J connectivity index is 1.15. The van der Waals surface area contributed by atoms with Crippen LogP contribution in [0.4, 0.5) is 5.69 Å². The summed E-state index contributed by atoms with van der Waals surface area (Å²) in [7, 11) is 0. The highest BCUT2D eigenvalue weighted by molar-refractivity contribution is 6.36. The molecule has 2 aromatic carbocycles. The molecule has 0 bridgehead atoms. The second kappa shape index (κ2) is 22.2. The number of halogens is 4. The van der Waals surface area contributed by atoms with E-state index < -0.39 is 5.72 Å². The average molecular weight is 808 g/mol. The van der Waals surface area contributed by atoms with Crippen molar-refractivity contribution in [3.05, 3.63) is 56.5 Å². The van der Waals surface area contributed by atoms with Crippen LogP contribution < -0.4 is 9.47 Å². The Morgan fingerprint density at radius 3 is 2.09 bits per heavy atom. The maximum Gasteiger partial charge on any atom is 0.236 e. The lowest BCUT2D eigenvalue weighted by Gasteiger charge is -2.17. The van der Waals surface area contributed by atoms with Gasteiger partial charge in [-0.25, -0.2) is 14.5 Å². The summed E-state index contributed by atoms with van der Waals surface area (Å²) in [6.45, 7) is 5.73. The molecule has 0 saturated heterocycles. The van der Waals surface area contributed by atoms with Crippen LogP contribution in [-0.4, -0.2) is 44.2 Å². The van der Waals surface area contributed by atoms with Gasteiger partial charge in [0.15, 0.2) is 35.9 Å². The highest BCUT2D eigenvalue weighted by Gasteiger charge is 2.20. The van der Waals surface area contributed by atoms with Crippen LogP contribution in [0.1, 0.15) is 124 Å². The average Bonchev–Trinajstić information content (AvgIpc) is 3.67. The lowest BCUT2D eigenvalue weighted by Crippen LogP contribution is -2.21. The molecule has 10 nitrogen and oxygen atoms in total. The molecule has 4 aromatic rings. The molecule has 0 aliphatic heterocycles. The summed E-state index contributed by atoms with van der Waals surface area (Å²) in [5, 5.41) is 21.2. The number of H-pyrrole nitrogens is 1. The van der Waals surface area contributed by atoms with Crippen molar-refractivity contribution in [2.45, 2.75) is 129 Å². The molecular weight excluding hydrogens is 756 g/mol. The van der Waals surface area contributed by atoms with E-state index >= 15 is 0 Å². The number of ether oxygens (including phenoxy) is 3. The maximum absolute atomic E-state index is 8.30. The quantitative estimate of drug-likeness (QED) is 0.0415. The van der Waals surface area contributed by atoms with E-state index in [1.54, 1.807) is 54.8 Å². The van der Waals surface area contributed by atoms with Gasteiger partial charge >= 0.3 is 0 Å². The fourth-order valence-corrected chi connectivity index (χ4v) is 6.53. The van der Waals surface area contributed by atoms with Gasteiger partial charge in [-0.3, -0.25) is 10.5 Å². The van der Waals surface area contributed by atoms with Crippen molar-refractivity contribution < 1.29 is 14.2 Å². The molecule has 53 heavy (non-hydrogen) atoms. The van der Waals surface area contributed by atoms with Crippen LogP contribution in [0.15, 0.2) is 46.4 Å². The smallest absolute Gasteiger partial charge is 0.236 e. The van der Waals surface area contributed by atoms with Crippen molar-refractivity contribution in [1.82, 2.24) is 19.8 Å². The second-order valence-corrected chi connectivity index (χ2v) is 15.2. The van der Waals surface area contributed by atoms with E-state index in [0.717, 1.165) is 12.8 Å². The minimum Gasteiger partial charge on any atom is -0.456 e. The molecule has 0 atom stereocenters. The fourth-order valence-electron chi connectivity index (χ4n) is 5.66. The standard InChI is InChI=1S/C39H51Cl4N7O3/c1-4-5-6-7-8-9-10-11-12-13-14-15-16-17-18-19-34(44)53-29-21-23-31(41)33(25-29)45-26-52-39(2,3)46-27-51-38-35(43)37-48-47-36(50(37)49-38)30-22-20-28(40)24-32(30)42/h20-27,44,49H,4-19H2,1-3H3/b44-34?,45-26?,46-27+. The summed E-state index contributed by atoms with van der Waals surface area (Å²) in [5.74, 6) is 1.34. The fraction of sp³-hybridized carbons (Fsp3) is 0.513. The lowest BCUT2D eigenvalue weighted by molar-refractivity contribution is 0.114. The number of aromatic amines is 1. The number of hydrogen-bond acceptors (Lipinski definition) is 8. The van der Waals surface area contributed by atoms with Crippen LogP contribution in [0, 0.1) is 5.41 Å². The van der Waals surface area contributed by atoms with Crippen LogP contribution in [0.25, 0.3) is 17.0 Å². The summed E-state index contributed by atoms with van der Waals surface area (Å²) in [5.41, 5.74) is 0.345. The molecule has 2 N–H and O–H groups in total. The number of nitrogens with zero attached hydrogens (tertiary/aromatic N) is 5. The van der Waals surface area contributed by atoms with E-state index in [4.69, 9.17) is 66.0 Å². The van der Waals surface area contributed by atoms with Crippen LogP contribution in [0.5, 0.6) is 11.6 Å². The zero-order chi connectivity index (χ0) is 38.1. The third-order valence-corrected chi connectivity index (χ3v) is 9.89. The molecule has 0 unspecified atom stereocenters. The SMILES string of the molecule is CCCCCCCCCCCCCCCCCC(=N)Oc1ccc(Cl)c(N=COC(C)(C)/N=C/Oc2[nH]n3c(-c4ccc(Cl)cc4Cl)nnc3c2Cl)c1. The number of fused-ring (bicyclic) bond motifs is 1. The first-order valence-electron chi connectivity index (χ1n) is 18.6. The molecule has 4 rings (SSSR count). The summed E-state index contributed by atoms with van der Waals surface area (Å²) in [4.78, 5) is 8.68. The summed E-state index contributed by atoms with van der Waals surface area (Å²) in [6.07, 6.45) is 22.6. The molecular formula is C39H51Cl4N7O3. The maximum atomic E-state index is 8.30. The molecule has 288 valence electrons. The topological polar surface area (TPSA) is 122 Å². The molecule has 2 heterocycles. The van der Waals surface area contributed by atoms with Gasteiger partial charge in [-0.1, -0.05) is 143 Å². The molecule has 0 saturated carbocycles. The zero-order valence-corrected chi connectivity index (χ0v) is 33.9. The Morgan fingerprint density at radius 1 is 0.811 bits per heavy atom. The van der Waals surface area contributed by atoms with Crippen LogP contribution in [0.3, 0.4) is 0 Å². The lowest BCUT2D eigenvalue weighted by atomic mass is 10.0. The second-order valence-electron chi connectivity index (χ2n) is 13.6. The summed E-state index contributed by atoms with van der Waals surface area (Å²) >= 11 is 25.3. The van der Waals surface area contributed by atoms with Crippen molar-refractivity contribution in [1.29, 1.82) is 5.41 Å². The Morgan fingerprint density at radius 2 is 1.45 bits per heavy atom. The number of aliphatic imine (C=N–C) groups is 2. The summed E-state index contributed by atoms with van der Waals surface area (Å²) in [6, 6.07) is 10.1. The molecule has 0 spiro atoms. The van der Waals surface area contributed by atoms with Crippen LogP contribution >= 0.6 is 46.4 Å². The van der Waals surface area contributed by atoms with Crippen molar-refractivity contribution in [2.75, 3.05) is 0 Å². The number of nitrogens with one attached hydrogen (secondary N) is 2. The largest absolute Gasteiger partial charge is 0.456 e. The molecule has 0 aliphatic carbocycles. The number of aromatic nitrogens is 4. The Kier molecular flexibility index (Phi) is 17.7. The zero-order valence-electron chi connectivity index (χ0n) is 30.9. The third kappa shape index (κ3) is 14.1. The van der Waals surface area contributed by atoms with E-state index in [-0.39, 0.29) is 16.8 Å². The number of hydrogen-bond donors (Lipinski definition) is 2. The van der Waals surface area contributed by atoms with Gasteiger partial charge in [-0.15, -0.1) is 10.2 Å². The highest BCUT2D eigenvalue weighted by Crippen LogP contribution is 2.34. The van der Waals surface area contributed by atoms with Gasteiger partial charge < -0.3 is 14.2 Å². The molecule has 14 heteroatoms. The van der Waals surface area contributed by atoms with Gasteiger partial charge in [0, 0.05) is 23.1 Å². The molecule has 2 aromatic heterocycles. The van der Waals surface area contributed by atoms with E-state index in [1.165, 1.54) is 96.3 Å². The van der Waals surface area contributed by atoms with Crippen LogP contribution in [-0.2, 0) is 4.74 Å². The van der Waals surface area contributed by atoms with Gasteiger partial charge in [-0.2, -0.15) is 0 Å². The van der Waals surface area contributed by atoms with Gasteiger partial charge in [0.1, 0.15) is 10.8 Å². The van der Waals surface area contributed by atoms with Gasteiger partial charge in [0.05, 0.1) is 15.7 Å². The molecule has 0 fully saturated rings. The van der Waals surface area contributed by atoms with Crippen LogP contribution in [0.2, 0.25) is 20.1 Å².